The van der Waals surface area contributed by atoms with Gasteiger partial charge in [-0.15, -0.1) is 0 Å². The Balaban J connectivity index is 1.33. The summed E-state index contributed by atoms with van der Waals surface area (Å²) in [6.45, 7) is 8.57. The number of carbonyl (C=O) groups is 1. The minimum atomic E-state index is -0.149. The number of aryl methyl sites for hydroxylation is 1. The van der Waals surface area contributed by atoms with Crippen molar-refractivity contribution >= 4 is 34.6 Å². The highest BCUT2D eigenvalue weighted by Gasteiger charge is 2.28. The number of nitrogens with zero attached hydrogens (tertiary/aromatic N) is 3. The molecule has 0 radical (unpaired) electrons. The molecule has 2 aromatic carbocycles. The normalized spacial score (nSPS) is 17.9. The average molecular weight is 436 g/mol. The van der Waals surface area contributed by atoms with Gasteiger partial charge in [0.15, 0.2) is 5.17 Å². The second kappa shape index (κ2) is 10.1. The Hall–Kier alpha value is -2.73. The largest absolute Gasteiger partial charge is 0.494 e. The van der Waals surface area contributed by atoms with Crippen LogP contribution in [0.15, 0.2) is 58.4 Å². The number of hydrogen-bond acceptors (Lipinski definition) is 5. The number of amides is 1. The quantitative estimate of drug-likeness (QED) is 0.474. The summed E-state index contributed by atoms with van der Waals surface area (Å²) in [5.74, 6) is 0.716. The van der Waals surface area contributed by atoms with Gasteiger partial charge in [0.1, 0.15) is 5.75 Å². The number of benzene rings is 2. The zero-order valence-electron chi connectivity index (χ0n) is 18.2. The van der Waals surface area contributed by atoms with Crippen molar-refractivity contribution in [3.8, 4) is 5.75 Å². The van der Waals surface area contributed by atoms with E-state index >= 15 is 0 Å². The van der Waals surface area contributed by atoms with E-state index in [1.165, 1.54) is 23.0 Å². The van der Waals surface area contributed by atoms with Crippen molar-refractivity contribution in [2.24, 2.45) is 4.99 Å². The lowest BCUT2D eigenvalue weighted by Gasteiger charge is -2.36. The minimum Gasteiger partial charge on any atom is -0.494 e. The number of aliphatic imine (C=N–C) groups is 1. The van der Waals surface area contributed by atoms with E-state index in [0.29, 0.717) is 4.91 Å². The number of ether oxygens (including phenoxy) is 1. The maximum Gasteiger partial charge on any atom is 0.286 e. The zero-order chi connectivity index (χ0) is 21.6. The Bertz CT molecular complexity index is 959. The van der Waals surface area contributed by atoms with Crippen molar-refractivity contribution in [3.05, 3.63) is 64.6 Å². The molecular weight excluding hydrogens is 406 g/mol. The number of thioether (sulfide) groups is 1. The van der Waals surface area contributed by atoms with E-state index in [0.717, 1.165) is 62.1 Å². The van der Waals surface area contributed by atoms with Gasteiger partial charge in [0, 0.05) is 31.9 Å². The molecule has 5 nitrogen and oxygen atoms in total. The van der Waals surface area contributed by atoms with E-state index in [1.807, 2.05) is 30.3 Å². The summed E-state index contributed by atoms with van der Waals surface area (Å²) in [4.78, 5) is 22.1. The monoisotopic (exact) mass is 435 g/mol. The molecular formula is C25H29N3O2S. The van der Waals surface area contributed by atoms with Crippen molar-refractivity contribution in [1.82, 2.24) is 4.90 Å². The highest BCUT2D eigenvalue weighted by atomic mass is 32.2. The first-order valence-electron chi connectivity index (χ1n) is 10.9. The summed E-state index contributed by atoms with van der Waals surface area (Å²) < 4.78 is 5.71. The van der Waals surface area contributed by atoms with Crippen molar-refractivity contribution in [1.29, 1.82) is 0 Å². The summed E-state index contributed by atoms with van der Waals surface area (Å²) in [5.41, 5.74) is 3.51. The predicted molar refractivity (Wildman–Crippen MR) is 130 cm³/mol. The van der Waals surface area contributed by atoms with Crippen LogP contribution in [-0.4, -0.2) is 48.8 Å². The van der Waals surface area contributed by atoms with E-state index in [1.54, 1.807) is 0 Å². The smallest absolute Gasteiger partial charge is 0.286 e. The molecule has 2 aliphatic heterocycles. The lowest BCUT2D eigenvalue weighted by atomic mass is 10.2. The average Bonchev–Trinajstić information content (AvgIpc) is 3.16. The van der Waals surface area contributed by atoms with Crippen molar-refractivity contribution in [3.63, 3.8) is 0 Å². The number of piperazine rings is 1. The summed E-state index contributed by atoms with van der Waals surface area (Å²) in [6.07, 6.45) is 4.09. The molecule has 2 heterocycles. The highest BCUT2D eigenvalue weighted by molar-refractivity contribution is 8.18. The molecule has 1 saturated heterocycles. The molecule has 2 aliphatic rings. The van der Waals surface area contributed by atoms with Crippen LogP contribution < -0.4 is 9.64 Å². The molecule has 1 fully saturated rings. The van der Waals surface area contributed by atoms with Gasteiger partial charge >= 0.3 is 0 Å². The predicted octanol–water partition coefficient (Wildman–Crippen LogP) is 4.97. The Morgan fingerprint density at radius 2 is 1.68 bits per heavy atom. The summed E-state index contributed by atoms with van der Waals surface area (Å²) in [7, 11) is 0. The molecule has 31 heavy (non-hydrogen) atoms. The van der Waals surface area contributed by atoms with Crippen LogP contribution >= 0.6 is 11.8 Å². The third-order valence-electron chi connectivity index (χ3n) is 5.50. The van der Waals surface area contributed by atoms with Gasteiger partial charge in [0.2, 0.25) is 0 Å². The molecule has 0 atom stereocenters. The fourth-order valence-corrected chi connectivity index (χ4v) is 4.56. The number of unbranched alkanes of at least 4 members (excludes halogenated alkanes) is 1. The van der Waals surface area contributed by atoms with Gasteiger partial charge in [-0.25, -0.2) is 0 Å². The highest BCUT2D eigenvalue weighted by Crippen LogP contribution is 2.31. The number of rotatable bonds is 6. The van der Waals surface area contributed by atoms with Gasteiger partial charge < -0.3 is 14.5 Å². The van der Waals surface area contributed by atoms with E-state index in [2.05, 4.69) is 52.9 Å². The second-order valence-corrected chi connectivity index (χ2v) is 8.90. The Kier molecular flexibility index (Phi) is 6.97. The van der Waals surface area contributed by atoms with Gasteiger partial charge in [-0.1, -0.05) is 43.2 Å². The second-order valence-electron chi connectivity index (χ2n) is 7.89. The van der Waals surface area contributed by atoms with Crippen LogP contribution in [0.5, 0.6) is 5.75 Å². The Labute approximate surface area is 188 Å². The molecule has 0 aliphatic carbocycles. The molecule has 1 amide bonds. The Morgan fingerprint density at radius 3 is 2.35 bits per heavy atom. The molecule has 0 N–H and O–H groups in total. The van der Waals surface area contributed by atoms with Gasteiger partial charge in [0.05, 0.1) is 11.5 Å². The van der Waals surface area contributed by atoms with Gasteiger partial charge in [0.25, 0.3) is 5.91 Å². The van der Waals surface area contributed by atoms with E-state index in [9.17, 15) is 4.79 Å². The first kappa shape index (κ1) is 21.5. The van der Waals surface area contributed by atoms with Crippen molar-refractivity contribution < 1.29 is 9.53 Å². The first-order valence-corrected chi connectivity index (χ1v) is 11.8. The van der Waals surface area contributed by atoms with Crippen molar-refractivity contribution in [2.45, 2.75) is 26.7 Å². The molecule has 6 heteroatoms. The van der Waals surface area contributed by atoms with Crippen LogP contribution in [0.2, 0.25) is 0 Å². The molecule has 0 aromatic heterocycles. The van der Waals surface area contributed by atoms with E-state index in [4.69, 9.17) is 4.74 Å². The lowest BCUT2D eigenvalue weighted by Crippen LogP contribution is -2.47. The van der Waals surface area contributed by atoms with Gasteiger partial charge in [-0.2, -0.15) is 4.99 Å². The molecule has 162 valence electrons. The number of hydrogen-bond donors (Lipinski definition) is 0. The fraction of sp³-hybridized carbons (Fsp3) is 0.360. The fourth-order valence-electron chi connectivity index (χ4n) is 3.59. The zero-order valence-corrected chi connectivity index (χ0v) is 19.0. The van der Waals surface area contributed by atoms with Crippen molar-refractivity contribution in [2.75, 3.05) is 37.7 Å². The standard InChI is InChI=1S/C25H29N3O2S/c1-3-4-17-30-22-11-7-20(8-12-22)18-23-24(29)26-25(31-23)28-15-13-27(14-16-28)21-9-5-19(2)6-10-21/h5-12,18H,3-4,13-17H2,1-2H3/b23-18+. The van der Waals surface area contributed by atoms with Crippen LogP contribution in [-0.2, 0) is 4.79 Å². The van der Waals surface area contributed by atoms with Crippen LogP contribution in [0, 0.1) is 6.92 Å². The van der Waals surface area contributed by atoms with E-state index in [-0.39, 0.29) is 5.91 Å². The van der Waals surface area contributed by atoms with Crippen LogP contribution in [0.1, 0.15) is 30.9 Å². The molecule has 2 aromatic rings. The number of amidine groups is 1. The molecule has 4 rings (SSSR count). The van der Waals surface area contributed by atoms with Crippen LogP contribution in [0.4, 0.5) is 5.69 Å². The number of carbonyl (C=O) groups excluding carboxylic acids is 1. The van der Waals surface area contributed by atoms with Crippen LogP contribution in [0.3, 0.4) is 0 Å². The summed E-state index contributed by atoms with van der Waals surface area (Å²) in [5, 5.41) is 0.819. The maximum absolute atomic E-state index is 12.5. The van der Waals surface area contributed by atoms with Gasteiger partial charge in [-0.05, 0) is 61.0 Å². The SMILES string of the molecule is CCCCOc1ccc(/C=C2/SC(N3CCN(c4ccc(C)cc4)CC3)=NC2=O)cc1. The summed E-state index contributed by atoms with van der Waals surface area (Å²) >= 11 is 1.48. The lowest BCUT2D eigenvalue weighted by molar-refractivity contribution is -0.113. The molecule has 0 spiro atoms. The number of anilines is 1. The minimum absolute atomic E-state index is 0.149. The summed E-state index contributed by atoms with van der Waals surface area (Å²) in [6, 6.07) is 16.5. The van der Waals surface area contributed by atoms with Crippen LogP contribution in [0.25, 0.3) is 6.08 Å². The first-order chi connectivity index (χ1) is 15.1. The van der Waals surface area contributed by atoms with Gasteiger partial charge in [-0.3, -0.25) is 4.79 Å². The Morgan fingerprint density at radius 1 is 1.00 bits per heavy atom. The topological polar surface area (TPSA) is 45.1 Å². The third-order valence-corrected chi connectivity index (χ3v) is 6.55. The molecule has 0 bridgehead atoms. The maximum atomic E-state index is 12.5. The molecule has 0 saturated carbocycles. The van der Waals surface area contributed by atoms with E-state index < -0.39 is 0 Å². The third kappa shape index (κ3) is 5.50. The molecule has 0 unspecified atom stereocenters.